The molecule has 0 aromatic carbocycles. The zero-order valence-corrected chi connectivity index (χ0v) is 17.8. The molecule has 0 aromatic rings. The zero-order valence-electron chi connectivity index (χ0n) is 16.9. The average molecular weight is 425 g/mol. The van der Waals surface area contributed by atoms with E-state index < -0.39 is 33.7 Å². The van der Waals surface area contributed by atoms with Crippen molar-refractivity contribution in [2.45, 2.75) is 89.2 Å². The van der Waals surface area contributed by atoms with Crippen LogP contribution in [0.4, 0.5) is 0 Å². The molecule has 0 aliphatic rings. The third kappa shape index (κ3) is 14.8. The Bertz CT molecular complexity index is 518. The van der Waals surface area contributed by atoms with Crippen molar-refractivity contribution in [1.29, 1.82) is 0 Å². The van der Waals surface area contributed by atoms with Gasteiger partial charge in [0.1, 0.15) is 0 Å². The Morgan fingerprint density at radius 3 is 1.82 bits per heavy atom. The third-order valence-electron chi connectivity index (χ3n) is 4.28. The first-order valence-corrected chi connectivity index (χ1v) is 11.7. The number of unbranched alkanes of at least 4 members (excludes halogenated alkanes) is 9. The van der Waals surface area contributed by atoms with Crippen LogP contribution < -0.4 is 0 Å². The molecular formula is C19H36O8S. The van der Waals surface area contributed by atoms with Crippen molar-refractivity contribution in [2.24, 2.45) is 0 Å². The molecular weight excluding hydrogens is 388 g/mol. The second-order valence-electron chi connectivity index (χ2n) is 6.85. The first-order chi connectivity index (χ1) is 13.3. The molecule has 28 heavy (non-hydrogen) atoms. The molecule has 0 heterocycles. The normalized spacial score (nSPS) is 12.5. The monoisotopic (exact) mass is 424 g/mol. The summed E-state index contributed by atoms with van der Waals surface area (Å²) in [5.41, 5.74) is 0. The van der Waals surface area contributed by atoms with Gasteiger partial charge in [-0.1, -0.05) is 64.7 Å². The van der Waals surface area contributed by atoms with E-state index in [1.807, 2.05) is 0 Å². The van der Waals surface area contributed by atoms with E-state index in [4.69, 9.17) is 14.4 Å². The quantitative estimate of drug-likeness (QED) is 0.195. The summed E-state index contributed by atoms with van der Waals surface area (Å²) in [6, 6.07) is 0. The van der Waals surface area contributed by atoms with E-state index in [-0.39, 0.29) is 26.2 Å². The van der Waals surface area contributed by atoms with Crippen molar-refractivity contribution >= 4 is 22.1 Å². The molecule has 1 atom stereocenters. The first kappa shape index (κ1) is 26.8. The van der Waals surface area contributed by atoms with Crippen LogP contribution in [0.5, 0.6) is 0 Å². The molecule has 0 aliphatic carbocycles. The number of ether oxygens (including phenoxy) is 2. The Labute approximate surface area is 168 Å². The molecule has 0 fully saturated rings. The van der Waals surface area contributed by atoms with E-state index in [0.29, 0.717) is 6.42 Å². The Morgan fingerprint density at radius 2 is 1.32 bits per heavy atom. The highest BCUT2D eigenvalue weighted by molar-refractivity contribution is 7.87. The van der Waals surface area contributed by atoms with E-state index >= 15 is 0 Å². The number of carbonyl (C=O) groups excluding carboxylic acids is 2. The lowest BCUT2D eigenvalue weighted by Crippen LogP contribution is -2.34. The summed E-state index contributed by atoms with van der Waals surface area (Å²) in [7, 11) is -4.78. The lowest BCUT2D eigenvalue weighted by molar-refractivity contribution is -0.150. The van der Waals surface area contributed by atoms with Crippen molar-refractivity contribution < 1.29 is 37.1 Å². The van der Waals surface area contributed by atoms with Crippen LogP contribution in [0.2, 0.25) is 0 Å². The second-order valence-corrected chi connectivity index (χ2v) is 8.45. The van der Waals surface area contributed by atoms with Crippen molar-refractivity contribution in [3.05, 3.63) is 0 Å². The number of rotatable bonds is 18. The average Bonchev–Trinajstić information content (AvgIpc) is 2.63. The molecule has 0 rings (SSSR count). The fourth-order valence-corrected chi connectivity index (χ4v) is 3.28. The molecule has 1 unspecified atom stereocenters. The topological polar surface area (TPSA) is 127 Å². The van der Waals surface area contributed by atoms with Crippen LogP contribution in [0.25, 0.3) is 0 Å². The Hall–Kier alpha value is -1.19. The van der Waals surface area contributed by atoms with Gasteiger partial charge in [-0.25, -0.2) is 0 Å². The van der Waals surface area contributed by atoms with Gasteiger partial charge in [-0.15, -0.1) is 0 Å². The highest BCUT2D eigenvalue weighted by atomic mass is 32.2. The Kier molecular flexibility index (Phi) is 16.0. The van der Waals surface area contributed by atoms with Crippen molar-refractivity contribution in [3.63, 3.8) is 0 Å². The van der Waals surface area contributed by atoms with Gasteiger partial charge in [-0.05, 0) is 6.42 Å². The summed E-state index contributed by atoms with van der Waals surface area (Å²) in [4.78, 5) is 23.5. The smallest absolute Gasteiger partial charge is 0.327 e. The maximum absolute atomic E-state index is 11.9. The van der Waals surface area contributed by atoms with Gasteiger partial charge in [0.05, 0.1) is 19.6 Å². The predicted molar refractivity (Wildman–Crippen MR) is 105 cm³/mol. The molecule has 0 bridgehead atoms. The van der Waals surface area contributed by atoms with Crippen LogP contribution in [-0.4, -0.2) is 55.1 Å². The van der Waals surface area contributed by atoms with E-state index in [1.165, 1.54) is 38.5 Å². The van der Waals surface area contributed by atoms with Crippen LogP contribution >= 0.6 is 0 Å². The van der Waals surface area contributed by atoms with Gasteiger partial charge in [0.15, 0.2) is 5.25 Å². The minimum Gasteiger partial charge on any atom is -0.466 e. The van der Waals surface area contributed by atoms with Crippen molar-refractivity contribution in [1.82, 2.24) is 0 Å². The highest BCUT2D eigenvalue weighted by Gasteiger charge is 2.35. The molecule has 0 radical (unpaired) electrons. The number of esters is 2. The van der Waals surface area contributed by atoms with Crippen LogP contribution in [-0.2, 0) is 29.2 Å². The van der Waals surface area contributed by atoms with Gasteiger partial charge in [0, 0.05) is 13.0 Å². The zero-order chi connectivity index (χ0) is 21.3. The van der Waals surface area contributed by atoms with Gasteiger partial charge < -0.3 is 14.6 Å². The van der Waals surface area contributed by atoms with Gasteiger partial charge in [0.25, 0.3) is 10.1 Å². The Morgan fingerprint density at radius 1 is 0.821 bits per heavy atom. The molecule has 2 N–H and O–H groups in total. The fourth-order valence-electron chi connectivity index (χ4n) is 2.63. The summed E-state index contributed by atoms with van der Waals surface area (Å²) in [5, 5.41) is 6.62. The molecule has 0 amide bonds. The van der Waals surface area contributed by atoms with Gasteiger partial charge in [0.2, 0.25) is 0 Å². The highest BCUT2D eigenvalue weighted by Crippen LogP contribution is 2.12. The molecule has 0 saturated carbocycles. The summed E-state index contributed by atoms with van der Waals surface area (Å²) >= 11 is 0. The van der Waals surface area contributed by atoms with Crippen LogP contribution in [0.15, 0.2) is 0 Å². The predicted octanol–water partition coefficient (Wildman–Crippen LogP) is 3.02. The molecule has 0 aromatic heterocycles. The number of carbonyl (C=O) groups is 2. The van der Waals surface area contributed by atoms with Crippen molar-refractivity contribution in [2.75, 3.05) is 19.8 Å². The lowest BCUT2D eigenvalue weighted by atomic mass is 10.1. The molecule has 9 heteroatoms. The van der Waals surface area contributed by atoms with Gasteiger partial charge >= 0.3 is 11.9 Å². The van der Waals surface area contributed by atoms with E-state index in [0.717, 1.165) is 19.3 Å². The number of aliphatic hydroxyl groups is 1. The minimum atomic E-state index is -4.78. The minimum absolute atomic E-state index is 0.0426. The van der Waals surface area contributed by atoms with Gasteiger partial charge in [-0.2, -0.15) is 8.42 Å². The lowest BCUT2D eigenvalue weighted by Gasteiger charge is -2.13. The SMILES string of the molecule is CCCCCCCCCCCCOC(=O)C(CC(=O)OCCCO)S(=O)(=O)O. The maximum atomic E-state index is 11.9. The summed E-state index contributed by atoms with van der Waals surface area (Å²) in [6.45, 7) is 1.95. The first-order valence-electron chi connectivity index (χ1n) is 10.2. The summed E-state index contributed by atoms with van der Waals surface area (Å²) in [5.74, 6) is -2.11. The van der Waals surface area contributed by atoms with Crippen molar-refractivity contribution in [3.8, 4) is 0 Å². The molecule has 166 valence electrons. The second kappa shape index (κ2) is 16.7. The van der Waals surface area contributed by atoms with E-state index in [1.54, 1.807) is 0 Å². The molecule has 0 saturated heterocycles. The number of hydrogen-bond acceptors (Lipinski definition) is 7. The summed E-state index contributed by atoms with van der Waals surface area (Å²) in [6.07, 6.45) is 10.5. The van der Waals surface area contributed by atoms with Crippen LogP contribution in [0.3, 0.4) is 0 Å². The molecule has 8 nitrogen and oxygen atoms in total. The number of hydrogen-bond donors (Lipinski definition) is 2. The summed E-state index contributed by atoms with van der Waals surface area (Å²) < 4.78 is 41.5. The number of aliphatic hydroxyl groups excluding tert-OH is 1. The van der Waals surface area contributed by atoms with E-state index in [2.05, 4.69) is 11.7 Å². The molecule has 0 aliphatic heterocycles. The fraction of sp³-hybridized carbons (Fsp3) is 0.895. The van der Waals surface area contributed by atoms with Crippen LogP contribution in [0.1, 0.15) is 84.0 Å². The van der Waals surface area contributed by atoms with Gasteiger partial charge in [-0.3, -0.25) is 14.1 Å². The molecule has 0 spiro atoms. The maximum Gasteiger partial charge on any atom is 0.327 e. The Balaban J connectivity index is 3.99. The third-order valence-corrected chi connectivity index (χ3v) is 5.36. The van der Waals surface area contributed by atoms with Crippen LogP contribution in [0, 0.1) is 0 Å². The standard InChI is InChI=1S/C19H36O8S/c1-2-3-4-5-6-7-8-9-10-11-14-27-19(22)17(28(23,24)25)16-18(21)26-15-12-13-20/h17,20H,2-16H2,1H3,(H,23,24,25). The van der Waals surface area contributed by atoms with E-state index in [9.17, 15) is 18.0 Å². The largest absolute Gasteiger partial charge is 0.466 e.